The van der Waals surface area contributed by atoms with Crippen molar-refractivity contribution in [3.8, 4) is 0 Å². The quantitative estimate of drug-likeness (QED) is 0.294. The summed E-state index contributed by atoms with van der Waals surface area (Å²) in [6.07, 6.45) is 2.88. The third-order valence-corrected chi connectivity index (χ3v) is 4.95. The Morgan fingerprint density at radius 1 is 1.37 bits per heavy atom. The molecule has 8 heteroatoms. The van der Waals surface area contributed by atoms with Crippen molar-refractivity contribution in [3.05, 3.63) is 35.6 Å². The zero-order valence-electron chi connectivity index (χ0n) is 16.1. The largest absolute Gasteiger partial charge is 0.369 e. The number of aliphatic imine (C=N–C) groups is 1. The fourth-order valence-corrected chi connectivity index (χ4v) is 3.38. The Hall–Kier alpha value is -1.42. The molecule has 1 fully saturated rings. The highest BCUT2D eigenvalue weighted by atomic mass is 127. The molecule has 0 saturated carbocycles. The fourth-order valence-electron chi connectivity index (χ4n) is 3.38. The highest BCUT2D eigenvalue weighted by molar-refractivity contribution is 14.0. The lowest BCUT2D eigenvalue weighted by molar-refractivity contribution is -0.121. The van der Waals surface area contributed by atoms with E-state index in [9.17, 15) is 9.18 Å². The van der Waals surface area contributed by atoms with Gasteiger partial charge in [-0.2, -0.15) is 0 Å². The number of amides is 1. The number of likely N-dealkylation sites (N-methyl/N-ethyl adjacent to an activating group) is 1. The van der Waals surface area contributed by atoms with Crippen LogP contribution in [0.3, 0.4) is 0 Å². The van der Waals surface area contributed by atoms with Gasteiger partial charge in [-0.15, -0.1) is 24.0 Å². The second kappa shape index (κ2) is 12.1. The molecule has 0 bridgehead atoms. The first-order chi connectivity index (χ1) is 12.5. The van der Waals surface area contributed by atoms with Gasteiger partial charge in [0.05, 0.1) is 5.92 Å². The summed E-state index contributed by atoms with van der Waals surface area (Å²) in [5.41, 5.74) is 6.41. The number of benzene rings is 1. The maximum absolute atomic E-state index is 13.0. The predicted octanol–water partition coefficient (Wildman–Crippen LogP) is 1.74. The molecule has 1 aliphatic rings. The lowest BCUT2D eigenvalue weighted by Gasteiger charge is -2.24. The van der Waals surface area contributed by atoms with Gasteiger partial charge in [-0.05, 0) is 50.0 Å². The summed E-state index contributed by atoms with van der Waals surface area (Å²) in [6, 6.07) is 6.66. The van der Waals surface area contributed by atoms with Gasteiger partial charge in [0, 0.05) is 26.2 Å². The summed E-state index contributed by atoms with van der Waals surface area (Å²) in [5.74, 6) is -0.402. The number of nitrogens with two attached hydrogens (primary N) is 1. The van der Waals surface area contributed by atoms with Crippen molar-refractivity contribution in [2.75, 3.05) is 33.2 Å². The molecular weight excluding hydrogens is 460 g/mol. The van der Waals surface area contributed by atoms with Crippen molar-refractivity contribution >= 4 is 35.8 Å². The molecule has 1 aliphatic heterocycles. The van der Waals surface area contributed by atoms with Crippen LogP contribution in [-0.2, 0) is 11.2 Å². The van der Waals surface area contributed by atoms with Gasteiger partial charge in [0.1, 0.15) is 5.82 Å². The zero-order chi connectivity index (χ0) is 18.9. The van der Waals surface area contributed by atoms with E-state index in [1.165, 1.54) is 25.0 Å². The van der Waals surface area contributed by atoms with Gasteiger partial charge in [-0.3, -0.25) is 14.7 Å². The van der Waals surface area contributed by atoms with Crippen LogP contribution < -0.4 is 16.4 Å². The van der Waals surface area contributed by atoms with Gasteiger partial charge in [-0.1, -0.05) is 19.1 Å². The molecule has 152 valence electrons. The van der Waals surface area contributed by atoms with E-state index in [1.54, 1.807) is 19.2 Å². The van der Waals surface area contributed by atoms with E-state index in [-0.39, 0.29) is 35.7 Å². The van der Waals surface area contributed by atoms with E-state index in [0.717, 1.165) is 25.2 Å². The minimum Gasteiger partial charge on any atom is -0.369 e. The number of nitrogens with zero attached hydrogens (tertiary/aromatic N) is 2. The number of halogens is 2. The van der Waals surface area contributed by atoms with Crippen molar-refractivity contribution in [2.45, 2.75) is 32.2 Å². The summed E-state index contributed by atoms with van der Waals surface area (Å²) >= 11 is 0. The van der Waals surface area contributed by atoms with Gasteiger partial charge in [-0.25, -0.2) is 4.39 Å². The second-order valence-electron chi connectivity index (χ2n) is 6.69. The summed E-state index contributed by atoms with van der Waals surface area (Å²) in [4.78, 5) is 18.4. The molecule has 2 unspecified atom stereocenters. The average Bonchev–Trinajstić information content (AvgIpc) is 3.09. The van der Waals surface area contributed by atoms with E-state index in [4.69, 9.17) is 5.73 Å². The van der Waals surface area contributed by atoms with Crippen LogP contribution in [0.25, 0.3) is 0 Å². The third-order valence-electron chi connectivity index (χ3n) is 4.95. The number of nitrogens with one attached hydrogen (secondary N) is 2. The Kier molecular flexibility index (Phi) is 10.6. The predicted molar refractivity (Wildman–Crippen MR) is 118 cm³/mol. The first-order valence-electron chi connectivity index (χ1n) is 9.25. The number of rotatable bonds is 8. The van der Waals surface area contributed by atoms with Gasteiger partial charge < -0.3 is 16.4 Å². The average molecular weight is 491 g/mol. The van der Waals surface area contributed by atoms with Crippen LogP contribution in [0.1, 0.15) is 25.3 Å². The number of hydrogen-bond donors (Lipinski definition) is 3. The van der Waals surface area contributed by atoms with Crippen LogP contribution >= 0.6 is 24.0 Å². The Morgan fingerprint density at radius 2 is 2.07 bits per heavy atom. The molecule has 1 saturated heterocycles. The molecule has 2 rings (SSSR count). The van der Waals surface area contributed by atoms with Crippen molar-refractivity contribution in [1.82, 2.24) is 15.5 Å². The normalized spacial score (nSPS) is 18.6. The minimum absolute atomic E-state index is 0. The summed E-state index contributed by atoms with van der Waals surface area (Å²) in [6.45, 7) is 5.59. The number of carbonyl (C=O) groups is 1. The molecule has 6 nitrogen and oxygen atoms in total. The van der Waals surface area contributed by atoms with Gasteiger partial charge in [0.25, 0.3) is 0 Å². The molecular formula is C19H31FIN5O. The molecule has 27 heavy (non-hydrogen) atoms. The Balaban J connectivity index is 0.00000364. The number of carbonyl (C=O) groups excluding carboxylic acids is 1. The highest BCUT2D eigenvalue weighted by Gasteiger charge is 2.23. The highest BCUT2D eigenvalue weighted by Crippen LogP contribution is 2.15. The van der Waals surface area contributed by atoms with E-state index in [0.29, 0.717) is 25.0 Å². The first kappa shape index (κ1) is 23.6. The number of primary amides is 1. The van der Waals surface area contributed by atoms with E-state index in [1.807, 2.05) is 0 Å². The molecule has 1 amide bonds. The smallest absolute Gasteiger partial charge is 0.222 e. The van der Waals surface area contributed by atoms with Crippen LogP contribution in [0.2, 0.25) is 0 Å². The Morgan fingerprint density at radius 3 is 2.67 bits per heavy atom. The maximum atomic E-state index is 13.0. The number of guanidine groups is 1. The Labute approximate surface area is 178 Å². The third kappa shape index (κ3) is 7.61. The molecule has 0 aliphatic carbocycles. The molecule has 1 aromatic rings. The lowest BCUT2D eigenvalue weighted by Crippen LogP contribution is -2.47. The number of hydrogen-bond acceptors (Lipinski definition) is 3. The van der Waals surface area contributed by atoms with Crippen LogP contribution in [0, 0.1) is 11.7 Å². The molecule has 2 atom stereocenters. The van der Waals surface area contributed by atoms with Crippen LogP contribution in [0.4, 0.5) is 4.39 Å². The summed E-state index contributed by atoms with van der Waals surface area (Å²) < 4.78 is 13.0. The number of likely N-dealkylation sites (tertiary alicyclic amines) is 1. The van der Waals surface area contributed by atoms with Crippen molar-refractivity contribution in [3.63, 3.8) is 0 Å². The molecule has 1 aromatic carbocycles. The molecule has 4 N–H and O–H groups in total. The molecule has 0 aromatic heterocycles. The Bertz CT molecular complexity index is 611. The van der Waals surface area contributed by atoms with Crippen LogP contribution in [0.5, 0.6) is 0 Å². The van der Waals surface area contributed by atoms with Gasteiger partial charge in [0.15, 0.2) is 5.96 Å². The topological polar surface area (TPSA) is 82.8 Å². The zero-order valence-corrected chi connectivity index (χ0v) is 18.4. The molecule has 1 heterocycles. The fraction of sp³-hybridized carbons (Fsp3) is 0.579. The van der Waals surface area contributed by atoms with E-state index in [2.05, 4.69) is 27.4 Å². The maximum Gasteiger partial charge on any atom is 0.222 e. The van der Waals surface area contributed by atoms with Crippen molar-refractivity contribution in [2.24, 2.45) is 16.6 Å². The van der Waals surface area contributed by atoms with Crippen molar-refractivity contribution in [1.29, 1.82) is 0 Å². The lowest BCUT2D eigenvalue weighted by atomic mass is 9.98. The van der Waals surface area contributed by atoms with Crippen LogP contribution in [-0.4, -0.2) is 56.0 Å². The molecule has 0 spiro atoms. The van der Waals surface area contributed by atoms with E-state index < -0.39 is 5.92 Å². The summed E-state index contributed by atoms with van der Waals surface area (Å²) in [7, 11) is 1.71. The minimum atomic E-state index is -0.391. The van der Waals surface area contributed by atoms with Gasteiger partial charge >= 0.3 is 0 Å². The SMILES string of the molecule is CCN1CCCC1CNC(=NC)NCC(Cc1ccc(F)cc1)C(N)=O.I. The standard InChI is InChI=1S/C19H30FN5O.HI/c1-3-25-10-4-5-17(25)13-24-19(22-2)23-12-15(18(21)26)11-14-6-8-16(20)9-7-14;/h6-9,15,17H,3-5,10-13H2,1-2H3,(H2,21,26)(H2,22,23,24);1H. The van der Waals surface area contributed by atoms with Crippen molar-refractivity contribution < 1.29 is 9.18 Å². The monoisotopic (exact) mass is 491 g/mol. The van der Waals surface area contributed by atoms with E-state index >= 15 is 0 Å². The van der Waals surface area contributed by atoms with Gasteiger partial charge in [0.2, 0.25) is 5.91 Å². The first-order valence-corrected chi connectivity index (χ1v) is 9.25. The summed E-state index contributed by atoms with van der Waals surface area (Å²) in [5, 5.41) is 6.52. The second-order valence-corrected chi connectivity index (χ2v) is 6.69. The van der Waals surface area contributed by atoms with Crippen LogP contribution in [0.15, 0.2) is 29.3 Å². The molecule has 0 radical (unpaired) electrons.